The van der Waals surface area contributed by atoms with E-state index in [0.717, 1.165) is 51.5 Å². The molecule has 2 aliphatic heterocycles. The van der Waals surface area contributed by atoms with E-state index in [1.165, 1.54) is 12.5 Å². The summed E-state index contributed by atoms with van der Waals surface area (Å²) >= 11 is 0. The number of rotatable bonds is 2. The molecule has 3 aliphatic rings. The lowest BCUT2D eigenvalue weighted by atomic mass is 9.98. The van der Waals surface area contributed by atoms with Gasteiger partial charge in [0.25, 0.3) is 10.0 Å². The Balaban J connectivity index is 1.63. The number of anilines is 1. The van der Waals surface area contributed by atoms with Crippen molar-refractivity contribution in [2.45, 2.75) is 68.8 Å². The van der Waals surface area contributed by atoms with Crippen molar-refractivity contribution in [1.29, 1.82) is 0 Å². The second kappa shape index (κ2) is 7.02. The second-order valence-electron chi connectivity index (χ2n) is 7.29. The van der Waals surface area contributed by atoms with Crippen molar-refractivity contribution in [3.63, 3.8) is 0 Å². The minimum absolute atomic E-state index is 0.0564. The van der Waals surface area contributed by atoms with Crippen molar-refractivity contribution in [2.24, 2.45) is 4.40 Å². The summed E-state index contributed by atoms with van der Waals surface area (Å²) in [5.41, 5.74) is 0.914. The number of ether oxygens (including phenoxy) is 1. The van der Waals surface area contributed by atoms with Crippen LogP contribution in [0.25, 0.3) is 0 Å². The topological polar surface area (TPSA) is 76.0 Å². The lowest BCUT2D eigenvalue weighted by Gasteiger charge is -2.29. The Morgan fingerprint density at radius 3 is 2.65 bits per heavy atom. The molecular weight excluding hydrogens is 352 g/mol. The van der Waals surface area contributed by atoms with Gasteiger partial charge in [-0.15, -0.1) is 4.40 Å². The third-order valence-electron chi connectivity index (χ3n) is 5.41. The quantitative estimate of drug-likeness (QED) is 0.736. The Morgan fingerprint density at radius 1 is 1.08 bits per heavy atom. The Morgan fingerprint density at radius 2 is 1.85 bits per heavy atom. The number of hydrogen-bond donors (Lipinski definition) is 0. The molecule has 0 spiro atoms. The first-order valence-electron chi connectivity index (χ1n) is 9.51. The molecule has 0 unspecified atom stereocenters. The molecule has 2 heterocycles. The van der Waals surface area contributed by atoms with E-state index in [4.69, 9.17) is 4.74 Å². The standard InChI is InChI=1S/C19H24N2O4S/c22-19(25-15-7-3-1-4-8-15)14-10-11-16-17(13-14)26(23,24)20-18-9-5-2-6-12-21(16)18/h10-11,13,15H,1-9,12H2. The van der Waals surface area contributed by atoms with Crippen LogP contribution in [0.1, 0.15) is 68.1 Å². The molecular formula is C19H24N2O4S. The van der Waals surface area contributed by atoms with Crippen molar-refractivity contribution in [3.8, 4) is 0 Å². The average Bonchev–Trinajstić information content (AvgIpc) is 2.87. The maximum absolute atomic E-state index is 12.6. The minimum Gasteiger partial charge on any atom is -0.459 e. The molecule has 1 aliphatic carbocycles. The van der Waals surface area contributed by atoms with E-state index in [1.807, 2.05) is 4.90 Å². The van der Waals surface area contributed by atoms with Gasteiger partial charge >= 0.3 is 5.97 Å². The fourth-order valence-corrected chi connectivity index (χ4v) is 5.29. The highest BCUT2D eigenvalue weighted by molar-refractivity contribution is 7.90. The van der Waals surface area contributed by atoms with Crippen LogP contribution in [0.15, 0.2) is 27.5 Å². The summed E-state index contributed by atoms with van der Waals surface area (Å²) in [5.74, 6) is 0.174. The average molecular weight is 376 g/mol. The molecule has 1 saturated carbocycles. The van der Waals surface area contributed by atoms with Gasteiger partial charge in [0.05, 0.1) is 11.3 Å². The molecule has 140 valence electrons. The summed E-state index contributed by atoms with van der Waals surface area (Å²) in [4.78, 5) is 14.6. The first-order chi connectivity index (χ1) is 12.5. The second-order valence-corrected chi connectivity index (χ2v) is 8.87. The molecule has 0 amide bonds. The van der Waals surface area contributed by atoms with Gasteiger partial charge < -0.3 is 9.64 Å². The van der Waals surface area contributed by atoms with E-state index < -0.39 is 16.0 Å². The van der Waals surface area contributed by atoms with Crippen LogP contribution < -0.4 is 4.90 Å². The Hall–Kier alpha value is -1.89. The minimum atomic E-state index is -3.78. The Bertz CT molecular complexity index is 841. The van der Waals surface area contributed by atoms with Gasteiger partial charge in [-0.25, -0.2) is 4.79 Å². The zero-order valence-electron chi connectivity index (χ0n) is 14.8. The third kappa shape index (κ3) is 3.37. The maximum Gasteiger partial charge on any atom is 0.338 e. The number of nitrogens with zero attached hydrogens (tertiary/aromatic N) is 2. The van der Waals surface area contributed by atoms with Crippen LogP contribution in [0, 0.1) is 0 Å². The number of carbonyl (C=O) groups excluding carboxylic acids is 1. The summed E-state index contributed by atoms with van der Waals surface area (Å²) in [6.45, 7) is 0.757. The zero-order valence-corrected chi connectivity index (χ0v) is 15.6. The normalized spacial score (nSPS) is 22.6. The lowest BCUT2D eigenvalue weighted by molar-refractivity contribution is 0.0211. The number of benzene rings is 1. The van der Waals surface area contributed by atoms with Crippen LogP contribution in [-0.4, -0.2) is 32.9 Å². The van der Waals surface area contributed by atoms with Crippen LogP contribution in [0.3, 0.4) is 0 Å². The largest absolute Gasteiger partial charge is 0.459 e. The Kier molecular flexibility index (Phi) is 4.73. The van der Waals surface area contributed by atoms with Crippen LogP contribution >= 0.6 is 0 Å². The van der Waals surface area contributed by atoms with E-state index in [1.54, 1.807) is 12.1 Å². The van der Waals surface area contributed by atoms with Crippen LogP contribution in [0.2, 0.25) is 0 Å². The first kappa shape index (κ1) is 17.5. The highest BCUT2D eigenvalue weighted by atomic mass is 32.2. The van der Waals surface area contributed by atoms with Crippen molar-refractivity contribution in [3.05, 3.63) is 23.8 Å². The summed E-state index contributed by atoms with van der Waals surface area (Å²) < 4.78 is 34.9. The molecule has 0 bridgehead atoms. The highest BCUT2D eigenvalue weighted by Crippen LogP contribution is 2.35. The molecule has 2 fully saturated rings. The van der Waals surface area contributed by atoms with Crippen molar-refractivity contribution in [1.82, 2.24) is 0 Å². The van der Waals surface area contributed by atoms with Crippen LogP contribution in [0.5, 0.6) is 0 Å². The number of hydrogen-bond acceptors (Lipinski definition) is 5. The summed E-state index contributed by atoms with van der Waals surface area (Å²) in [5, 5.41) is 0. The number of esters is 1. The lowest BCUT2D eigenvalue weighted by Crippen LogP contribution is -2.35. The van der Waals surface area contributed by atoms with E-state index in [2.05, 4.69) is 4.40 Å². The van der Waals surface area contributed by atoms with E-state index in [-0.39, 0.29) is 16.6 Å². The predicted molar refractivity (Wildman–Crippen MR) is 99.2 cm³/mol. The number of amidine groups is 1. The molecule has 1 aromatic carbocycles. The van der Waals surface area contributed by atoms with Crippen LogP contribution in [0.4, 0.5) is 5.69 Å². The van der Waals surface area contributed by atoms with Crippen molar-refractivity contribution in [2.75, 3.05) is 11.4 Å². The molecule has 0 radical (unpaired) electrons. The molecule has 1 saturated heterocycles. The fourth-order valence-electron chi connectivity index (χ4n) is 4.01. The maximum atomic E-state index is 12.6. The molecule has 0 N–H and O–H groups in total. The highest BCUT2D eigenvalue weighted by Gasteiger charge is 2.32. The van der Waals surface area contributed by atoms with Crippen molar-refractivity contribution >= 4 is 27.5 Å². The SMILES string of the molecule is O=C(OC1CCCCC1)c1ccc2c(c1)S(=O)(=O)N=C1CCCCCN12. The zero-order chi connectivity index (χ0) is 18.1. The molecule has 6 nitrogen and oxygen atoms in total. The summed E-state index contributed by atoms with van der Waals surface area (Å²) in [6, 6.07) is 4.83. The van der Waals surface area contributed by atoms with Gasteiger partial charge in [0.2, 0.25) is 0 Å². The predicted octanol–water partition coefficient (Wildman–Crippen LogP) is 3.66. The van der Waals surface area contributed by atoms with Gasteiger partial charge in [-0.3, -0.25) is 0 Å². The molecule has 0 aromatic heterocycles. The van der Waals surface area contributed by atoms with Gasteiger partial charge in [-0.05, 0) is 56.7 Å². The summed E-state index contributed by atoms with van der Waals surface area (Å²) in [7, 11) is -3.78. The van der Waals surface area contributed by atoms with Gasteiger partial charge in [-0.2, -0.15) is 8.42 Å². The fraction of sp³-hybridized carbons (Fsp3) is 0.579. The number of sulfonamides is 1. The van der Waals surface area contributed by atoms with E-state index in [0.29, 0.717) is 17.9 Å². The number of fused-ring (bicyclic) bond motifs is 3. The van der Waals surface area contributed by atoms with Crippen LogP contribution in [-0.2, 0) is 14.8 Å². The van der Waals surface area contributed by atoms with Crippen molar-refractivity contribution < 1.29 is 17.9 Å². The monoisotopic (exact) mass is 376 g/mol. The molecule has 0 atom stereocenters. The molecule has 4 rings (SSSR count). The van der Waals surface area contributed by atoms with Gasteiger partial charge in [0.15, 0.2) is 0 Å². The molecule has 7 heteroatoms. The van der Waals surface area contributed by atoms with E-state index >= 15 is 0 Å². The molecule has 26 heavy (non-hydrogen) atoms. The smallest absolute Gasteiger partial charge is 0.338 e. The Labute approximate surface area is 154 Å². The first-order valence-corrected chi connectivity index (χ1v) is 10.9. The third-order valence-corrected chi connectivity index (χ3v) is 6.74. The van der Waals surface area contributed by atoms with Gasteiger partial charge in [-0.1, -0.05) is 12.8 Å². The van der Waals surface area contributed by atoms with E-state index in [9.17, 15) is 13.2 Å². The summed E-state index contributed by atoms with van der Waals surface area (Å²) in [6.07, 6.45) is 8.73. The number of carbonyl (C=O) groups is 1. The van der Waals surface area contributed by atoms with Gasteiger partial charge in [0.1, 0.15) is 16.8 Å². The molecule has 1 aromatic rings. The van der Waals surface area contributed by atoms with Gasteiger partial charge in [0, 0.05) is 13.0 Å².